The Morgan fingerprint density at radius 2 is 1.78 bits per heavy atom. The molecule has 2 amide bonds. The number of halogens is 1. The third-order valence-electron chi connectivity index (χ3n) is 8.07. The van der Waals surface area contributed by atoms with Gasteiger partial charge in [0, 0.05) is 12.6 Å². The van der Waals surface area contributed by atoms with Crippen LogP contribution in [0.2, 0.25) is 0 Å². The van der Waals surface area contributed by atoms with Gasteiger partial charge in [0.05, 0.1) is 16.8 Å². The Kier molecular flexibility index (Phi) is 6.11. The van der Waals surface area contributed by atoms with Crippen LogP contribution >= 0.6 is 11.3 Å². The lowest BCUT2D eigenvalue weighted by Gasteiger charge is -2.47. The average Bonchev–Trinajstić information content (AvgIpc) is 3.51. The maximum Gasteiger partial charge on any atom is 0.272 e. The van der Waals surface area contributed by atoms with Gasteiger partial charge in [-0.1, -0.05) is 49.4 Å². The summed E-state index contributed by atoms with van der Waals surface area (Å²) in [5.41, 5.74) is 1.84. The molecule has 0 bridgehead atoms. The Balaban J connectivity index is 1.50. The summed E-state index contributed by atoms with van der Waals surface area (Å²) < 4.78 is 16.7. The number of hydrogen-bond donors (Lipinski definition) is 1. The predicted octanol–water partition coefficient (Wildman–Crippen LogP) is 6.09. The van der Waals surface area contributed by atoms with Crippen LogP contribution < -0.4 is 5.32 Å². The number of amides is 2. The number of benzene rings is 2. The van der Waals surface area contributed by atoms with Gasteiger partial charge in [-0.3, -0.25) is 9.59 Å². The van der Waals surface area contributed by atoms with Crippen molar-refractivity contribution in [1.82, 2.24) is 14.8 Å². The third kappa shape index (κ3) is 4.15. The fourth-order valence-corrected chi connectivity index (χ4v) is 6.75. The minimum Gasteiger partial charge on any atom is -0.351 e. The topological polar surface area (TPSA) is 54.3 Å². The maximum atomic E-state index is 14.5. The van der Waals surface area contributed by atoms with E-state index >= 15 is 0 Å². The molecule has 7 heteroatoms. The number of aromatic nitrogens is 1. The second-order valence-electron chi connectivity index (χ2n) is 10.5. The van der Waals surface area contributed by atoms with E-state index in [1.807, 2.05) is 52.4 Å². The van der Waals surface area contributed by atoms with Crippen molar-refractivity contribution in [2.45, 2.75) is 57.3 Å². The van der Waals surface area contributed by atoms with Crippen LogP contribution in [-0.2, 0) is 23.4 Å². The predicted molar refractivity (Wildman–Crippen MR) is 144 cm³/mol. The summed E-state index contributed by atoms with van der Waals surface area (Å²) in [4.78, 5) is 30.4. The highest BCUT2D eigenvalue weighted by Crippen LogP contribution is 2.41. The van der Waals surface area contributed by atoms with Crippen molar-refractivity contribution in [3.63, 3.8) is 0 Å². The molecule has 1 aliphatic carbocycles. The van der Waals surface area contributed by atoms with Crippen LogP contribution in [0.3, 0.4) is 0 Å². The second-order valence-corrected chi connectivity index (χ2v) is 11.4. The number of nitrogens with zero attached hydrogens (tertiary/aromatic N) is 2. The van der Waals surface area contributed by atoms with Gasteiger partial charge in [-0.25, -0.2) is 4.39 Å². The van der Waals surface area contributed by atoms with Gasteiger partial charge >= 0.3 is 0 Å². The van der Waals surface area contributed by atoms with E-state index < -0.39 is 5.54 Å². The van der Waals surface area contributed by atoms with Crippen LogP contribution in [0.4, 0.5) is 4.39 Å². The van der Waals surface area contributed by atoms with Gasteiger partial charge in [-0.2, -0.15) is 0 Å². The van der Waals surface area contributed by atoms with Crippen molar-refractivity contribution in [2.24, 2.45) is 5.92 Å². The molecule has 0 radical (unpaired) electrons. The van der Waals surface area contributed by atoms with Crippen LogP contribution in [0.25, 0.3) is 10.2 Å². The van der Waals surface area contributed by atoms with E-state index in [1.54, 1.807) is 28.4 Å². The van der Waals surface area contributed by atoms with Crippen LogP contribution in [0.15, 0.2) is 72.1 Å². The van der Waals surface area contributed by atoms with Crippen LogP contribution in [0.5, 0.6) is 0 Å². The fraction of sp³-hybridized carbons (Fsp3) is 0.333. The Morgan fingerprint density at radius 3 is 2.51 bits per heavy atom. The molecule has 4 aromatic rings. The van der Waals surface area contributed by atoms with Crippen LogP contribution in [0.1, 0.15) is 54.2 Å². The second kappa shape index (κ2) is 9.45. The zero-order chi connectivity index (χ0) is 25.6. The molecule has 3 heterocycles. The highest BCUT2D eigenvalue weighted by Gasteiger charge is 2.53. The van der Waals surface area contributed by atoms with Crippen molar-refractivity contribution in [3.8, 4) is 0 Å². The molecule has 0 spiro atoms. The van der Waals surface area contributed by atoms with E-state index in [1.165, 1.54) is 12.1 Å². The van der Waals surface area contributed by atoms with Gasteiger partial charge in [0.15, 0.2) is 5.54 Å². The van der Waals surface area contributed by atoms with Crippen LogP contribution in [0, 0.1) is 11.7 Å². The molecule has 37 heavy (non-hydrogen) atoms. The summed E-state index contributed by atoms with van der Waals surface area (Å²) in [6.45, 7) is 2.77. The molecule has 1 saturated carbocycles. The van der Waals surface area contributed by atoms with E-state index in [0.717, 1.165) is 47.0 Å². The van der Waals surface area contributed by atoms with Crippen molar-refractivity contribution < 1.29 is 14.0 Å². The highest BCUT2D eigenvalue weighted by atomic mass is 32.1. The largest absolute Gasteiger partial charge is 0.351 e. The van der Waals surface area contributed by atoms with Gasteiger partial charge in [0.25, 0.3) is 11.8 Å². The minimum absolute atomic E-state index is 0.0827. The van der Waals surface area contributed by atoms with Crippen LogP contribution in [-0.4, -0.2) is 27.3 Å². The molecule has 2 aromatic heterocycles. The van der Waals surface area contributed by atoms with Gasteiger partial charge in [-0.15, -0.1) is 11.3 Å². The molecule has 1 aliphatic heterocycles. The molecule has 6 rings (SSSR count). The van der Waals surface area contributed by atoms with Crippen molar-refractivity contribution in [2.75, 3.05) is 0 Å². The standard InChI is InChI=1S/C30H30FN3O2S/c1-20-7-13-24(14-8-20)32-29(36)30(22-5-3-2-4-6-22)19-33-25-15-16-37-27(25)17-26(33)28(35)34(30)18-21-9-11-23(31)12-10-21/h2-6,9-12,15-17,20,24H,7-8,13-14,18-19H2,1H3,(H,32,36)/t20?,24?,30-/m1/s1. The lowest BCUT2D eigenvalue weighted by atomic mass is 9.82. The van der Waals surface area contributed by atoms with Crippen molar-refractivity contribution >= 4 is 33.4 Å². The summed E-state index contributed by atoms with van der Waals surface area (Å²) in [5, 5.41) is 5.37. The van der Waals surface area contributed by atoms with E-state index in [4.69, 9.17) is 0 Å². The Bertz CT molecular complexity index is 1440. The van der Waals surface area contributed by atoms with E-state index in [-0.39, 0.29) is 30.2 Å². The number of thiophene rings is 1. The quantitative estimate of drug-likeness (QED) is 0.350. The Morgan fingerprint density at radius 1 is 1.05 bits per heavy atom. The number of carbonyl (C=O) groups is 2. The lowest BCUT2D eigenvalue weighted by Crippen LogP contribution is -2.64. The summed E-state index contributed by atoms with van der Waals surface area (Å²) in [6, 6.07) is 19.8. The van der Waals surface area contributed by atoms with Crippen molar-refractivity contribution in [1.29, 1.82) is 0 Å². The van der Waals surface area contributed by atoms with E-state index in [9.17, 15) is 14.0 Å². The first-order valence-electron chi connectivity index (χ1n) is 13.0. The molecular weight excluding hydrogens is 485 g/mol. The molecule has 2 aliphatic rings. The monoisotopic (exact) mass is 515 g/mol. The van der Waals surface area contributed by atoms with E-state index in [0.29, 0.717) is 18.2 Å². The number of fused-ring (bicyclic) bond motifs is 3. The third-order valence-corrected chi connectivity index (χ3v) is 8.92. The number of nitrogens with one attached hydrogen (secondary N) is 1. The SMILES string of the molecule is CC1CCC(NC(=O)[C@]2(c3ccccc3)Cn3c(cc4sccc43)C(=O)N2Cc2ccc(F)cc2)CC1. The smallest absolute Gasteiger partial charge is 0.272 e. The van der Waals surface area contributed by atoms with Crippen molar-refractivity contribution in [3.05, 3.63) is 94.7 Å². The summed E-state index contributed by atoms with van der Waals surface area (Å²) in [5.74, 6) is -0.0232. The lowest BCUT2D eigenvalue weighted by molar-refractivity contribution is -0.136. The average molecular weight is 516 g/mol. The molecule has 1 fully saturated rings. The summed E-state index contributed by atoms with van der Waals surface area (Å²) in [6.07, 6.45) is 4.04. The molecule has 190 valence electrons. The first-order valence-corrected chi connectivity index (χ1v) is 13.8. The molecule has 0 saturated heterocycles. The van der Waals surface area contributed by atoms with Gasteiger partial charge in [-0.05, 0) is 72.4 Å². The number of rotatable bonds is 5. The molecule has 1 N–H and O–H groups in total. The number of carbonyl (C=O) groups excluding carboxylic acids is 2. The molecule has 0 unspecified atom stereocenters. The molecule has 2 aromatic carbocycles. The molecule has 1 atom stereocenters. The van der Waals surface area contributed by atoms with E-state index in [2.05, 4.69) is 12.2 Å². The fourth-order valence-electron chi connectivity index (χ4n) is 5.93. The van der Waals surface area contributed by atoms with Gasteiger partial charge in [0.2, 0.25) is 0 Å². The summed E-state index contributed by atoms with van der Waals surface area (Å²) >= 11 is 1.59. The maximum absolute atomic E-state index is 14.5. The Labute approximate surface area is 219 Å². The highest BCUT2D eigenvalue weighted by molar-refractivity contribution is 7.17. The first-order chi connectivity index (χ1) is 18.0. The molecule has 5 nitrogen and oxygen atoms in total. The zero-order valence-electron chi connectivity index (χ0n) is 20.8. The zero-order valence-corrected chi connectivity index (χ0v) is 21.6. The molecular formula is C30H30FN3O2S. The number of hydrogen-bond acceptors (Lipinski definition) is 3. The van der Waals surface area contributed by atoms with Gasteiger partial charge in [0.1, 0.15) is 11.5 Å². The Hall–Kier alpha value is -3.45. The minimum atomic E-state index is -1.25. The summed E-state index contributed by atoms with van der Waals surface area (Å²) in [7, 11) is 0. The van der Waals surface area contributed by atoms with Gasteiger partial charge < -0.3 is 14.8 Å². The first kappa shape index (κ1) is 23.9. The normalized spacial score (nSPS) is 23.7.